The number of nitrogens with one attached hydrogen (secondary N) is 2. The Labute approximate surface area is 155 Å². The maximum atomic E-state index is 12.0. The van der Waals surface area contributed by atoms with E-state index < -0.39 is 0 Å². The van der Waals surface area contributed by atoms with E-state index in [1.54, 1.807) is 30.3 Å². The molecule has 0 aromatic heterocycles. The third-order valence-electron chi connectivity index (χ3n) is 3.45. The molecule has 5 nitrogen and oxygen atoms in total. The Hall–Kier alpha value is -2.55. The van der Waals surface area contributed by atoms with Crippen molar-refractivity contribution in [3.63, 3.8) is 0 Å². The van der Waals surface area contributed by atoms with Gasteiger partial charge in [0, 0.05) is 24.2 Å². The van der Waals surface area contributed by atoms with Gasteiger partial charge in [0.25, 0.3) is 5.91 Å². The van der Waals surface area contributed by atoms with Gasteiger partial charge in [0.2, 0.25) is 0 Å². The first-order chi connectivity index (χ1) is 11.9. The Bertz CT molecular complexity index is 860. The number of ketones is 1. The van der Waals surface area contributed by atoms with Gasteiger partial charge in [-0.2, -0.15) is 5.26 Å². The second-order valence-corrected chi connectivity index (χ2v) is 6.05. The molecule has 128 valence electrons. The van der Waals surface area contributed by atoms with Crippen LogP contribution in [0.3, 0.4) is 0 Å². The number of rotatable bonds is 6. The highest BCUT2D eigenvalue weighted by molar-refractivity contribution is 6.42. The molecule has 0 saturated heterocycles. The first-order valence-electron chi connectivity index (χ1n) is 7.44. The lowest BCUT2D eigenvalue weighted by molar-refractivity contribution is 0.0954. The predicted octanol–water partition coefficient (Wildman–Crippen LogP) is 3.91. The minimum Gasteiger partial charge on any atom is -0.382 e. The lowest BCUT2D eigenvalue weighted by Gasteiger charge is -2.11. The molecule has 0 saturated carbocycles. The van der Waals surface area contributed by atoms with Crippen LogP contribution in [-0.2, 0) is 0 Å². The van der Waals surface area contributed by atoms with E-state index in [-0.39, 0.29) is 11.7 Å². The van der Waals surface area contributed by atoms with E-state index in [0.717, 1.165) is 0 Å². The number of halogens is 2. The van der Waals surface area contributed by atoms with Crippen LogP contribution in [0.15, 0.2) is 36.4 Å². The molecule has 2 rings (SSSR count). The Morgan fingerprint density at radius 3 is 2.40 bits per heavy atom. The number of nitriles is 1. The molecular weight excluding hydrogens is 361 g/mol. The Kier molecular flexibility index (Phi) is 6.40. The third-order valence-corrected chi connectivity index (χ3v) is 4.19. The predicted molar refractivity (Wildman–Crippen MR) is 98.4 cm³/mol. The first-order valence-corrected chi connectivity index (χ1v) is 8.20. The molecule has 0 atom stereocenters. The van der Waals surface area contributed by atoms with E-state index in [9.17, 15) is 9.59 Å². The van der Waals surface area contributed by atoms with Crippen LogP contribution in [-0.4, -0.2) is 24.8 Å². The van der Waals surface area contributed by atoms with Gasteiger partial charge in [0.1, 0.15) is 6.07 Å². The summed E-state index contributed by atoms with van der Waals surface area (Å²) in [5, 5.41) is 15.6. The summed E-state index contributed by atoms with van der Waals surface area (Å²) in [5.74, 6) is -0.362. The molecule has 0 aliphatic heterocycles. The fourth-order valence-electron chi connectivity index (χ4n) is 2.12. The summed E-state index contributed by atoms with van der Waals surface area (Å²) < 4.78 is 0. The van der Waals surface area contributed by atoms with Crippen molar-refractivity contribution in [2.75, 3.05) is 18.4 Å². The number of carbonyl (C=O) groups is 2. The summed E-state index contributed by atoms with van der Waals surface area (Å²) in [7, 11) is 0. The van der Waals surface area contributed by atoms with Crippen LogP contribution in [0.25, 0.3) is 0 Å². The Balaban J connectivity index is 1.93. The highest BCUT2D eigenvalue weighted by atomic mass is 35.5. The minimum absolute atomic E-state index is 0.0829. The van der Waals surface area contributed by atoms with Gasteiger partial charge < -0.3 is 10.6 Å². The number of amides is 1. The van der Waals surface area contributed by atoms with Crippen molar-refractivity contribution >= 4 is 40.6 Å². The van der Waals surface area contributed by atoms with E-state index >= 15 is 0 Å². The fraction of sp³-hybridized carbons (Fsp3) is 0.167. The van der Waals surface area contributed by atoms with Crippen LogP contribution in [0.2, 0.25) is 10.0 Å². The molecule has 0 aliphatic carbocycles. The third kappa shape index (κ3) is 4.96. The van der Waals surface area contributed by atoms with Crippen LogP contribution in [0, 0.1) is 11.3 Å². The highest BCUT2D eigenvalue weighted by Gasteiger charge is 2.09. The second-order valence-electron chi connectivity index (χ2n) is 5.24. The molecule has 0 unspecified atom stereocenters. The molecule has 1 amide bonds. The molecule has 2 aromatic rings. The van der Waals surface area contributed by atoms with Crippen LogP contribution in [0.4, 0.5) is 5.69 Å². The quantitative estimate of drug-likeness (QED) is 0.592. The summed E-state index contributed by atoms with van der Waals surface area (Å²) in [6.45, 7) is 2.18. The standard InChI is InChI=1S/C18H15Cl2N3O2/c1-11(24)12-2-3-14(10-21)17(9-12)22-6-7-23-18(25)13-4-5-15(19)16(20)8-13/h2-5,8-9,22H,6-7H2,1H3,(H,23,25). The number of anilines is 1. The molecule has 7 heteroatoms. The summed E-state index contributed by atoms with van der Waals surface area (Å²) in [5.41, 5.74) is 1.91. The van der Waals surface area contributed by atoms with Gasteiger partial charge in [0.05, 0.1) is 21.3 Å². The smallest absolute Gasteiger partial charge is 0.251 e. The van der Waals surface area contributed by atoms with E-state index in [0.29, 0.717) is 45.5 Å². The number of hydrogen-bond acceptors (Lipinski definition) is 4. The molecule has 0 radical (unpaired) electrons. The summed E-state index contributed by atoms with van der Waals surface area (Å²) in [6, 6.07) is 11.5. The topological polar surface area (TPSA) is 82.0 Å². The Morgan fingerprint density at radius 1 is 1.04 bits per heavy atom. The zero-order chi connectivity index (χ0) is 18.4. The van der Waals surface area contributed by atoms with Crippen molar-refractivity contribution < 1.29 is 9.59 Å². The van der Waals surface area contributed by atoms with Crippen molar-refractivity contribution in [3.8, 4) is 6.07 Å². The van der Waals surface area contributed by atoms with Crippen LogP contribution in [0.5, 0.6) is 0 Å². The van der Waals surface area contributed by atoms with Crippen molar-refractivity contribution in [1.82, 2.24) is 5.32 Å². The SMILES string of the molecule is CC(=O)c1ccc(C#N)c(NCCNC(=O)c2ccc(Cl)c(Cl)c2)c1. The molecule has 0 fully saturated rings. The van der Waals surface area contributed by atoms with Gasteiger partial charge in [-0.15, -0.1) is 0 Å². The van der Waals surface area contributed by atoms with E-state index in [2.05, 4.69) is 16.7 Å². The molecular formula is C18H15Cl2N3O2. The number of nitrogens with zero attached hydrogens (tertiary/aromatic N) is 1. The van der Waals surface area contributed by atoms with E-state index in [4.69, 9.17) is 28.5 Å². The summed E-state index contributed by atoms with van der Waals surface area (Å²) in [4.78, 5) is 23.5. The zero-order valence-corrected chi connectivity index (χ0v) is 14.9. The molecule has 2 N–H and O–H groups in total. The highest BCUT2D eigenvalue weighted by Crippen LogP contribution is 2.22. The van der Waals surface area contributed by atoms with Crippen LogP contribution in [0.1, 0.15) is 33.2 Å². The van der Waals surface area contributed by atoms with Gasteiger partial charge in [0.15, 0.2) is 5.78 Å². The van der Waals surface area contributed by atoms with Gasteiger partial charge in [-0.25, -0.2) is 0 Å². The van der Waals surface area contributed by atoms with Gasteiger partial charge in [-0.3, -0.25) is 9.59 Å². The van der Waals surface area contributed by atoms with Crippen molar-refractivity contribution in [2.45, 2.75) is 6.92 Å². The van der Waals surface area contributed by atoms with Gasteiger partial charge in [-0.1, -0.05) is 23.2 Å². The van der Waals surface area contributed by atoms with Crippen LogP contribution < -0.4 is 10.6 Å². The molecule has 0 aliphatic rings. The summed E-state index contributed by atoms with van der Waals surface area (Å²) >= 11 is 11.7. The lowest BCUT2D eigenvalue weighted by atomic mass is 10.1. The normalized spacial score (nSPS) is 10.0. The maximum absolute atomic E-state index is 12.0. The number of carbonyl (C=O) groups excluding carboxylic acids is 2. The monoisotopic (exact) mass is 375 g/mol. The van der Waals surface area contributed by atoms with E-state index in [1.807, 2.05) is 0 Å². The molecule has 0 spiro atoms. The lowest BCUT2D eigenvalue weighted by Crippen LogP contribution is -2.28. The molecule has 0 bridgehead atoms. The van der Waals surface area contributed by atoms with E-state index in [1.165, 1.54) is 13.0 Å². The van der Waals surface area contributed by atoms with Crippen molar-refractivity contribution in [1.29, 1.82) is 5.26 Å². The number of hydrogen-bond donors (Lipinski definition) is 2. The first kappa shape index (κ1) is 18.8. The zero-order valence-electron chi connectivity index (χ0n) is 13.4. The molecule has 2 aromatic carbocycles. The molecule has 25 heavy (non-hydrogen) atoms. The minimum atomic E-state index is -0.279. The Morgan fingerprint density at radius 2 is 1.76 bits per heavy atom. The molecule has 0 heterocycles. The average Bonchev–Trinajstić information content (AvgIpc) is 2.60. The largest absolute Gasteiger partial charge is 0.382 e. The van der Waals surface area contributed by atoms with Gasteiger partial charge >= 0.3 is 0 Å². The average molecular weight is 376 g/mol. The second kappa shape index (κ2) is 8.52. The number of Topliss-reactive ketones (excluding diaryl/α,β-unsaturated/α-hetero) is 1. The van der Waals surface area contributed by atoms with Crippen molar-refractivity contribution in [3.05, 3.63) is 63.1 Å². The summed E-state index contributed by atoms with van der Waals surface area (Å²) in [6.07, 6.45) is 0. The van der Waals surface area contributed by atoms with Gasteiger partial charge in [-0.05, 0) is 43.3 Å². The number of benzene rings is 2. The van der Waals surface area contributed by atoms with Crippen molar-refractivity contribution in [2.24, 2.45) is 0 Å². The maximum Gasteiger partial charge on any atom is 0.251 e. The fourth-order valence-corrected chi connectivity index (χ4v) is 2.42. The van der Waals surface area contributed by atoms with Crippen LogP contribution >= 0.6 is 23.2 Å².